The molecule has 1 aliphatic heterocycles. The average Bonchev–Trinajstić information content (AvgIpc) is 2.90. The summed E-state index contributed by atoms with van der Waals surface area (Å²) in [6, 6.07) is 3.30. The summed E-state index contributed by atoms with van der Waals surface area (Å²) >= 11 is 0. The van der Waals surface area contributed by atoms with Crippen LogP contribution in [-0.4, -0.2) is 46.1 Å². The fourth-order valence-corrected chi connectivity index (χ4v) is 2.23. The van der Waals surface area contributed by atoms with Crippen molar-refractivity contribution in [3.05, 3.63) is 23.7 Å². The highest BCUT2D eigenvalue weighted by Crippen LogP contribution is 2.25. The van der Waals surface area contributed by atoms with E-state index < -0.39 is 5.97 Å². The Balaban J connectivity index is 2.02. The third kappa shape index (κ3) is 2.17. The van der Waals surface area contributed by atoms with Gasteiger partial charge in [0.25, 0.3) is 0 Å². The lowest BCUT2D eigenvalue weighted by Gasteiger charge is -2.19. The summed E-state index contributed by atoms with van der Waals surface area (Å²) in [7, 11) is 1.33. The third-order valence-electron chi connectivity index (χ3n) is 3.27. The number of hydrogen-bond donors (Lipinski definition) is 0. The fourth-order valence-electron chi connectivity index (χ4n) is 2.23. The average molecular weight is 262 g/mol. The van der Waals surface area contributed by atoms with Crippen LogP contribution in [0.4, 0.5) is 0 Å². The van der Waals surface area contributed by atoms with E-state index in [0.717, 1.165) is 31.9 Å². The predicted octanol–water partition coefficient (Wildman–Crippen LogP) is 0.805. The molecule has 0 unspecified atom stereocenters. The number of methoxy groups -OCH3 is 1. The van der Waals surface area contributed by atoms with Gasteiger partial charge in [0.05, 0.1) is 7.11 Å². The molecule has 0 aromatic carbocycles. The Morgan fingerprint density at radius 3 is 2.89 bits per heavy atom. The monoisotopic (exact) mass is 262 g/mol. The Kier molecular flexibility index (Phi) is 3.12. The molecule has 0 spiro atoms. The molecule has 0 saturated carbocycles. The molecule has 0 N–H and O–H groups in total. The van der Waals surface area contributed by atoms with Crippen molar-refractivity contribution in [2.24, 2.45) is 0 Å². The minimum Gasteiger partial charge on any atom is -0.464 e. The normalized spacial score (nSPS) is 16.7. The van der Waals surface area contributed by atoms with Gasteiger partial charge in [-0.05, 0) is 25.0 Å². The van der Waals surface area contributed by atoms with Gasteiger partial charge in [0.2, 0.25) is 0 Å². The zero-order chi connectivity index (χ0) is 13.2. The van der Waals surface area contributed by atoms with Crippen molar-refractivity contribution in [3.63, 3.8) is 0 Å². The molecule has 0 aliphatic carbocycles. The van der Waals surface area contributed by atoms with E-state index in [1.165, 1.54) is 7.11 Å². The number of fused-ring (bicyclic) bond motifs is 1. The second kappa shape index (κ2) is 4.93. The lowest BCUT2D eigenvalue weighted by Crippen LogP contribution is -2.17. The van der Waals surface area contributed by atoms with Crippen LogP contribution in [0.5, 0.6) is 0 Å². The molecule has 0 bridgehead atoms. The molecular weight excluding hydrogens is 248 g/mol. The van der Waals surface area contributed by atoms with E-state index in [1.807, 2.05) is 0 Å². The number of carbonyl (C=O) groups is 1. The topological polar surface area (TPSA) is 78.6 Å². The Bertz CT molecular complexity index is 604. The van der Waals surface area contributed by atoms with Gasteiger partial charge < -0.3 is 9.47 Å². The smallest absolute Gasteiger partial charge is 0.358 e. The molecule has 0 amide bonds. The molecule has 3 heterocycles. The van der Waals surface area contributed by atoms with Gasteiger partial charge in [0.15, 0.2) is 17.2 Å². The van der Waals surface area contributed by atoms with Crippen LogP contribution < -0.4 is 0 Å². The Morgan fingerprint density at radius 2 is 2.16 bits per heavy atom. The van der Waals surface area contributed by atoms with E-state index in [0.29, 0.717) is 5.65 Å². The van der Waals surface area contributed by atoms with Crippen molar-refractivity contribution in [2.75, 3.05) is 20.3 Å². The van der Waals surface area contributed by atoms with Gasteiger partial charge in [0.1, 0.15) is 0 Å². The predicted molar refractivity (Wildman–Crippen MR) is 64.9 cm³/mol. The van der Waals surface area contributed by atoms with Gasteiger partial charge in [-0.25, -0.2) is 4.79 Å². The maximum atomic E-state index is 11.5. The molecule has 2 aromatic rings. The third-order valence-corrected chi connectivity index (χ3v) is 3.27. The largest absolute Gasteiger partial charge is 0.464 e. The Labute approximate surface area is 109 Å². The first-order chi connectivity index (χ1) is 9.29. The number of esters is 1. The van der Waals surface area contributed by atoms with Crippen molar-refractivity contribution in [1.82, 2.24) is 19.8 Å². The molecule has 1 fully saturated rings. The van der Waals surface area contributed by atoms with Gasteiger partial charge in [-0.3, -0.25) is 0 Å². The SMILES string of the molecule is COC(=O)c1ccc2nnc(C3CCOCC3)n2n1. The molecule has 1 aliphatic rings. The summed E-state index contributed by atoms with van der Waals surface area (Å²) in [5, 5.41) is 12.5. The van der Waals surface area contributed by atoms with E-state index >= 15 is 0 Å². The minimum atomic E-state index is -0.464. The number of nitrogens with zero attached hydrogens (tertiary/aromatic N) is 4. The van der Waals surface area contributed by atoms with Gasteiger partial charge in [-0.1, -0.05) is 0 Å². The second-order valence-electron chi connectivity index (χ2n) is 4.43. The number of aromatic nitrogens is 4. The first-order valence-electron chi connectivity index (χ1n) is 6.18. The van der Waals surface area contributed by atoms with Gasteiger partial charge in [-0.2, -0.15) is 9.61 Å². The van der Waals surface area contributed by atoms with Gasteiger partial charge in [0, 0.05) is 19.1 Å². The van der Waals surface area contributed by atoms with Crippen LogP contribution in [0.3, 0.4) is 0 Å². The van der Waals surface area contributed by atoms with Crippen LogP contribution in [-0.2, 0) is 9.47 Å². The summed E-state index contributed by atoms with van der Waals surface area (Å²) in [5.74, 6) is 0.585. The molecule has 3 rings (SSSR count). The van der Waals surface area contributed by atoms with Gasteiger partial charge >= 0.3 is 5.97 Å². The molecule has 1 saturated heterocycles. The number of carbonyl (C=O) groups excluding carboxylic acids is 1. The van der Waals surface area contributed by atoms with E-state index in [2.05, 4.69) is 20.0 Å². The lowest BCUT2D eigenvalue weighted by atomic mass is 10.00. The first kappa shape index (κ1) is 12.0. The van der Waals surface area contributed by atoms with Crippen molar-refractivity contribution in [3.8, 4) is 0 Å². The molecule has 7 heteroatoms. The van der Waals surface area contributed by atoms with E-state index in [4.69, 9.17) is 4.74 Å². The molecule has 19 heavy (non-hydrogen) atoms. The van der Waals surface area contributed by atoms with E-state index in [-0.39, 0.29) is 11.6 Å². The lowest BCUT2D eigenvalue weighted by molar-refractivity contribution is 0.0591. The standard InChI is InChI=1S/C12H14N4O3/c1-18-12(17)9-2-3-10-13-14-11(16(10)15-9)8-4-6-19-7-5-8/h2-3,8H,4-7H2,1H3. The van der Waals surface area contributed by atoms with Crippen LogP contribution >= 0.6 is 0 Å². The fraction of sp³-hybridized carbons (Fsp3) is 0.500. The van der Waals surface area contributed by atoms with E-state index in [9.17, 15) is 4.79 Å². The molecule has 7 nitrogen and oxygen atoms in total. The van der Waals surface area contributed by atoms with Crippen molar-refractivity contribution in [1.29, 1.82) is 0 Å². The summed E-state index contributed by atoms with van der Waals surface area (Å²) in [6.45, 7) is 1.44. The zero-order valence-corrected chi connectivity index (χ0v) is 10.6. The maximum Gasteiger partial charge on any atom is 0.358 e. The van der Waals surface area contributed by atoms with Crippen LogP contribution in [0.25, 0.3) is 5.65 Å². The highest BCUT2D eigenvalue weighted by molar-refractivity contribution is 5.87. The minimum absolute atomic E-state index is 0.253. The Morgan fingerprint density at radius 1 is 1.37 bits per heavy atom. The Hall–Kier alpha value is -2.02. The molecule has 0 atom stereocenters. The number of ether oxygens (including phenoxy) is 2. The molecular formula is C12H14N4O3. The summed E-state index contributed by atoms with van der Waals surface area (Å²) in [6.07, 6.45) is 1.79. The number of hydrogen-bond acceptors (Lipinski definition) is 6. The second-order valence-corrected chi connectivity index (χ2v) is 4.43. The zero-order valence-electron chi connectivity index (χ0n) is 10.6. The van der Waals surface area contributed by atoms with E-state index in [1.54, 1.807) is 16.6 Å². The quantitative estimate of drug-likeness (QED) is 0.745. The van der Waals surface area contributed by atoms with Crippen LogP contribution in [0, 0.1) is 0 Å². The van der Waals surface area contributed by atoms with Crippen molar-refractivity contribution in [2.45, 2.75) is 18.8 Å². The first-order valence-corrected chi connectivity index (χ1v) is 6.18. The summed E-state index contributed by atoms with van der Waals surface area (Å²) in [5.41, 5.74) is 0.886. The number of rotatable bonds is 2. The van der Waals surface area contributed by atoms with Gasteiger partial charge in [-0.15, -0.1) is 10.2 Å². The highest BCUT2D eigenvalue weighted by Gasteiger charge is 2.22. The molecule has 0 radical (unpaired) electrons. The highest BCUT2D eigenvalue weighted by atomic mass is 16.5. The molecule has 100 valence electrons. The summed E-state index contributed by atoms with van der Waals surface area (Å²) in [4.78, 5) is 11.5. The van der Waals surface area contributed by atoms with Crippen LogP contribution in [0.1, 0.15) is 35.1 Å². The van der Waals surface area contributed by atoms with Crippen molar-refractivity contribution >= 4 is 11.6 Å². The maximum absolute atomic E-state index is 11.5. The van der Waals surface area contributed by atoms with Crippen LogP contribution in [0.15, 0.2) is 12.1 Å². The van der Waals surface area contributed by atoms with Crippen LogP contribution in [0.2, 0.25) is 0 Å². The summed E-state index contributed by atoms with van der Waals surface area (Å²) < 4.78 is 11.6. The van der Waals surface area contributed by atoms with Crippen molar-refractivity contribution < 1.29 is 14.3 Å². The molecule has 2 aromatic heterocycles.